The Bertz CT molecular complexity index is 825. The Morgan fingerprint density at radius 2 is 2.10 bits per heavy atom. The van der Waals surface area contributed by atoms with E-state index in [1.165, 1.54) is 18.0 Å². The van der Waals surface area contributed by atoms with Crippen molar-refractivity contribution in [1.82, 2.24) is 20.2 Å². The molecule has 2 aromatic rings. The average Bonchev–Trinajstić information content (AvgIpc) is 2.78. The number of carbonyl (C=O) groups is 2. The molecule has 1 aliphatic rings. The standard InChI is InChI=1S/C20H23ClN4O4S/c21-16-1-2-19(24-10-16)29-12-17-11-25(7-8-28-17)20(27)14-30-13-18(26)23-9-15-3-5-22-6-4-15/h1-6,10,17H,7-9,11-14H2,(H,23,26). The van der Waals surface area contributed by atoms with Crippen molar-refractivity contribution in [1.29, 1.82) is 0 Å². The second-order valence-electron chi connectivity index (χ2n) is 6.58. The summed E-state index contributed by atoms with van der Waals surface area (Å²) in [6, 6.07) is 7.08. The lowest BCUT2D eigenvalue weighted by Gasteiger charge is -2.32. The second kappa shape index (κ2) is 11.7. The number of pyridine rings is 2. The van der Waals surface area contributed by atoms with E-state index in [2.05, 4.69) is 15.3 Å². The Hall–Kier alpha value is -2.36. The number of nitrogens with zero attached hydrogens (tertiary/aromatic N) is 3. The van der Waals surface area contributed by atoms with Gasteiger partial charge in [-0.25, -0.2) is 4.98 Å². The van der Waals surface area contributed by atoms with Crippen LogP contribution in [0.25, 0.3) is 0 Å². The van der Waals surface area contributed by atoms with Crippen LogP contribution in [-0.2, 0) is 20.9 Å². The molecule has 3 rings (SSSR count). The van der Waals surface area contributed by atoms with E-state index in [1.807, 2.05) is 12.1 Å². The summed E-state index contributed by atoms with van der Waals surface area (Å²) < 4.78 is 11.3. The molecule has 8 nitrogen and oxygen atoms in total. The third-order valence-corrected chi connectivity index (χ3v) is 5.45. The van der Waals surface area contributed by atoms with Gasteiger partial charge in [0, 0.05) is 37.7 Å². The van der Waals surface area contributed by atoms with Crippen LogP contribution in [0, 0.1) is 0 Å². The molecule has 0 aromatic carbocycles. The maximum absolute atomic E-state index is 12.5. The molecule has 0 radical (unpaired) electrons. The number of hydrogen-bond acceptors (Lipinski definition) is 7. The molecule has 1 atom stereocenters. The van der Waals surface area contributed by atoms with E-state index in [-0.39, 0.29) is 29.4 Å². The van der Waals surface area contributed by atoms with Gasteiger partial charge in [-0.05, 0) is 23.8 Å². The van der Waals surface area contributed by atoms with Crippen molar-refractivity contribution in [2.75, 3.05) is 37.8 Å². The predicted octanol–water partition coefficient (Wildman–Crippen LogP) is 1.79. The van der Waals surface area contributed by atoms with E-state index in [1.54, 1.807) is 29.4 Å². The molecule has 0 aliphatic carbocycles. The van der Waals surface area contributed by atoms with Gasteiger partial charge in [-0.3, -0.25) is 14.6 Å². The minimum Gasteiger partial charge on any atom is -0.475 e. The van der Waals surface area contributed by atoms with Crippen LogP contribution < -0.4 is 10.1 Å². The van der Waals surface area contributed by atoms with E-state index in [4.69, 9.17) is 21.1 Å². The number of thioether (sulfide) groups is 1. The molecule has 1 saturated heterocycles. The summed E-state index contributed by atoms with van der Waals surface area (Å²) in [5, 5.41) is 3.37. The molecule has 1 N–H and O–H groups in total. The first kappa shape index (κ1) is 22.3. The highest BCUT2D eigenvalue weighted by atomic mass is 35.5. The molecule has 0 saturated carbocycles. The highest BCUT2D eigenvalue weighted by molar-refractivity contribution is 8.00. The van der Waals surface area contributed by atoms with Crippen molar-refractivity contribution in [2.24, 2.45) is 0 Å². The van der Waals surface area contributed by atoms with Crippen LogP contribution in [0.15, 0.2) is 42.9 Å². The van der Waals surface area contributed by atoms with Gasteiger partial charge in [-0.1, -0.05) is 11.6 Å². The molecule has 3 heterocycles. The van der Waals surface area contributed by atoms with Gasteiger partial charge in [0.15, 0.2) is 0 Å². The molecule has 0 bridgehead atoms. The SMILES string of the molecule is O=C(CSCC(=O)N1CCOC(COc2ccc(Cl)cn2)C1)NCc1ccncc1. The number of nitrogens with one attached hydrogen (secondary N) is 1. The van der Waals surface area contributed by atoms with E-state index >= 15 is 0 Å². The monoisotopic (exact) mass is 450 g/mol. The summed E-state index contributed by atoms with van der Waals surface area (Å²) >= 11 is 7.11. The van der Waals surface area contributed by atoms with Gasteiger partial charge in [0.2, 0.25) is 17.7 Å². The van der Waals surface area contributed by atoms with Crippen LogP contribution >= 0.6 is 23.4 Å². The normalized spacial score (nSPS) is 16.2. The van der Waals surface area contributed by atoms with Crippen molar-refractivity contribution in [3.8, 4) is 5.88 Å². The lowest BCUT2D eigenvalue weighted by Crippen LogP contribution is -2.48. The number of rotatable bonds is 9. The lowest BCUT2D eigenvalue weighted by molar-refractivity contribution is -0.137. The number of hydrogen-bond donors (Lipinski definition) is 1. The summed E-state index contributed by atoms with van der Waals surface area (Å²) in [6.07, 6.45) is 4.65. The smallest absolute Gasteiger partial charge is 0.232 e. The Labute approximate surface area is 184 Å². The fourth-order valence-electron chi connectivity index (χ4n) is 2.75. The number of amides is 2. The van der Waals surface area contributed by atoms with Gasteiger partial charge >= 0.3 is 0 Å². The van der Waals surface area contributed by atoms with Crippen molar-refractivity contribution < 1.29 is 19.1 Å². The first-order valence-corrected chi connectivity index (χ1v) is 11.0. The molecule has 1 unspecified atom stereocenters. The van der Waals surface area contributed by atoms with Crippen LogP contribution in [-0.4, -0.2) is 70.6 Å². The average molecular weight is 451 g/mol. The lowest BCUT2D eigenvalue weighted by atomic mass is 10.3. The van der Waals surface area contributed by atoms with Gasteiger partial charge in [0.25, 0.3) is 0 Å². The largest absolute Gasteiger partial charge is 0.475 e. The van der Waals surface area contributed by atoms with E-state index in [9.17, 15) is 9.59 Å². The molecule has 30 heavy (non-hydrogen) atoms. The zero-order valence-corrected chi connectivity index (χ0v) is 17.9. The molecule has 2 aromatic heterocycles. The highest BCUT2D eigenvalue weighted by Crippen LogP contribution is 2.14. The third-order valence-electron chi connectivity index (χ3n) is 4.31. The highest BCUT2D eigenvalue weighted by Gasteiger charge is 2.24. The summed E-state index contributed by atoms with van der Waals surface area (Å²) in [7, 11) is 0. The zero-order chi connectivity index (χ0) is 21.2. The zero-order valence-electron chi connectivity index (χ0n) is 16.3. The minimum absolute atomic E-state index is 0.0140. The van der Waals surface area contributed by atoms with Crippen molar-refractivity contribution >= 4 is 35.2 Å². The van der Waals surface area contributed by atoms with Gasteiger partial charge in [-0.2, -0.15) is 0 Å². The van der Waals surface area contributed by atoms with Crippen LogP contribution in [0.3, 0.4) is 0 Å². The van der Waals surface area contributed by atoms with Crippen molar-refractivity contribution in [2.45, 2.75) is 12.6 Å². The van der Waals surface area contributed by atoms with Gasteiger partial charge in [0.1, 0.15) is 12.7 Å². The van der Waals surface area contributed by atoms with E-state index in [0.29, 0.717) is 43.8 Å². The minimum atomic E-state index is -0.228. The van der Waals surface area contributed by atoms with E-state index in [0.717, 1.165) is 5.56 Å². The summed E-state index contributed by atoms with van der Waals surface area (Å²) in [4.78, 5) is 34.2. The maximum atomic E-state index is 12.5. The molecule has 160 valence electrons. The Kier molecular flexibility index (Phi) is 8.73. The maximum Gasteiger partial charge on any atom is 0.232 e. The first-order chi connectivity index (χ1) is 14.6. The topological polar surface area (TPSA) is 93.7 Å². The molecule has 1 fully saturated rings. The molecule has 1 aliphatic heterocycles. The third kappa shape index (κ3) is 7.47. The number of aromatic nitrogens is 2. The van der Waals surface area contributed by atoms with Gasteiger partial charge < -0.3 is 19.7 Å². The number of ether oxygens (including phenoxy) is 2. The predicted molar refractivity (Wildman–Crippen MR) is 114 cm³/mol. The summed E-state index contributed by atoms with van der Waals surface area (Å²) in [6.45, 7) is 2.17. The first-order valence-electron chi connectivity index (χ1n) is 9.47. The van der Waals surface area contributed by atoms with Crippen LogP contribution in [0.1, 0.15) is 5.56 Å². The molecule has 0 spiro atoms. The fourth-order valence-corrected chi connectivity index (χ4v) is 3.61. The second-order valence-corrected chi connectivity index (χ2v) is 8.01. The molecular weight excluding hydrogens is 428 g/mol. The van der Waals surface area contributed by atoms with Gasteiger partial charge in [-0.15, -0.1) is 11.8 Å². The van der Waals surface area contributed by atoms with Crippen molar-refractivity contribution in [3.63, 3.8) is 0 Å². The number of morpholine rings is 1. The Morgan fingerprint density at radius 3 is 2.87 bits per heavy atom. The van der Waals surface area contributed by atoms with Gasteiger partial charge in [0.05, 0.1) is 29.7 Å². The number of carbonyl (C=O) groups excluding carboxylic acids is 2. The Morgan fingerprint density at radius 1 is 1.27 bits per heavy atom. The Balaban J connectivity index is 1.33. The molecule has 2 amide bonds. The summed E-state index contributed by atoms with van der Waals surface area (Å²) in [5.41, 5.74) is 0.981. The number of halogens is 1. The molecular formula is C20H23ClN4O4S. The quantitative estimate of drug-likeness (QED) is 0.622. The van der Waals surface area contributed by atoms with Crippen LogP contribution in [0.2, 0.25) is 5.02 Å². The summed E-state index contributed by atoms with van der Waals surface area (Å²) in [5.74, 6) is 0.818. The van der Waals surface area contributed by atoms with Crippen LogP contribution in [0.4, 0.5) is 0 Å². The van der Waals surface area contributed by atoms with E-state index < -0.39 is 0 Å². The fraction of sp³-hybridized carbons (Fsp3) is 0.400. The van der Waals surface area contributed by atoms with Crippen LogP contribution in [0.5, 0.6) is 5.88 Å². The van der Waals surface area contributed by atoms with Crippen molar-refractivity contribution in [3.05, 3.63) is 53.4 Å². The molecule has 10 heteroatoms.